The van der Waals surface area contributed by atoms with Gasteiger partial charge in [-0.15, -0.1) is 11.3 Å². The molecule has 21 heavy (non-hydrogen) atoms. The minimum atomic E-state index is -0.324. The number of amides is 1. The largest absolute Gasteiger partial charge is 0.384 e. The van der Waals surface area contributed by atoms with Crippen molar-refractivity contribution in [3.05, 3.63) is 57.0 Å². The summed E-state index contributed by atoms with van der Waals surface area (Å²) in [4.78, 5) is 13.4. The van der Waals surface area contributed by atoms with E-state index >= 15 is 0 Å². The van der Waals surface area contributed by atoms with Gasteiger partial charge in [0.2, 0.25) is 0 Å². The maximum Gasteiger partial charge on any atom is 0.261 e. The molecule has 2 aromatic rings. The van der Waals surface area contributed by atoms with Crippen LogP contribution in [0.25, 0.3) is 0 Å². The lowest BCUT2D eigenvalue weighted by Gasteiger charge is -2.03. The Morgan fingerprint density at radius 2 is 2.24 bits per heavy atom. The molecule has 1 amide bonds. The minimum absolute atomic E-state index is 0.210. The van der Waals surface area contributed by atoms with Crippen molar-refractivity contribution in [3.63, 3.8) is 0 Å². The SMILES string of the molecule is Cc1cc(C(=O)NCc2cccc(F)c2)sc1C#CCO. The quantitative estimate of drug-likeness (QED) is 0.856. The zero-order valence-electron chi connectivity index (χ0n) is 11.4. The number of thiophene rings is 1. The molecule has 1 heterocycles. The van der Waals surface area contributed by atoms with Crippen LogP contribution in [-0.2, 0) is 6.54 Å². The van der Waals surface area contributed by atoms with Gasteiger partial charge in [0.15, 0.2) is 0 Å². The highest BCUT2D eigenvalue weighted by atomic mass is 32.1. The Labute approximate surface area is 126 Å². The normalized spacial score (nSPS) is 9.86. The predicted molar refractivity (Wildman–Crippen MR) is 80.6 cm³/mol. The molecule has 5 heteroatoms. The molecule has 2 rings (SSSR count). The van der Waals surface area contributed by atoms with Crippen molar-refractivity contribution >= 4 is 17.2 Å². The van der Waals surface area contributed by atoms with Crippen LogP contribution in [-0.4, -0.2) is 17.6 Å². The molecule has 0 bridgehead atoms. The third kappa shape index (κ3) is 4.15. The maximum atomic E-state index is 13.0. The molecule has 0 spiro atoms. The van der Waals surface area contributed by atoms with Gasteiger partial charge in [0, 0.05) is 6.54 Å². The Kier molecular flexibility index (Phi) is 5.09. The maximum absolute atomic E-state index is 13.0. The summed E-state index contributed by atoms with van der Waals surface area (Å²) >= 11 is 1.28. The number of hydrogen-bond acceptors (Lipinski definition) is 3. The highest BCUT2D eigenvalue weighted by molar-refractivity contribution is 7.14. The Morgan fingerprint density at radius 3 is 2.95 bits per heavy atom. The van der Waals surface area contributed by atoms with E-state index < -0.39 is 0 Å². The standard InChI is InChI=1S/C16H14FNO2S/c1-11-8-15(21-14(11)6-3-7-19)16(20)18-10-12-4-2-5-13(17)9-12/h2,4-5,8-9,19H,7,10H2,1H3,(H,18,20). The smallest absolute Gasteiger partial charge is 0.261 e. The van der Waals surface area contributed by atoms with Crippen LogP contribution in [0.3, 0.4) is 0 Å². The third-order valence-electron chi connectivity index (χ3n) is 2.76. The van der Waals surface area contributed by atoms with Gasteiger partial charge in [0.05, 0.1) is 9.75 Å². The van der Waals surface area contributed by atoms with E-state index in [0.717, 1.165) is 10.4 Å². The number of hydrogen-bond donors (Lipinski definition) is 2. The van der Waals surface area contributed by atoms with Crippen molar-refractivity contribution in [2.75, 3.05) is 6.61 Å². The summed E-state index contributed by atoms with van der Waals surface area (Å²) in [7, 11) is 0. The van der Waals surface area contributed by atoms with Gasteiger partial charge in [-0.1, -0.05) is 24.0 Å². The second-order valence-electron chi connectivity index (χ2n) is 4.40. The van der Waals surface area contributed by atoms with Crippen molar-refractivity contribution in [1.29, 1.82) is 0 Å². The van der Waals surface area contributed by atoms with E-state index in [0.29, 0.717) is 10.4 Å². The molecule has 0 fully saturated rings. The van der Waals surface area contributed by atoms with E-state index in [1.807, 2.05) is 6.92 Å². The average molecular weight is 303 g/mol. The van der Waals surface area contributed by atoms with Crippen LogP contribution in [0.5, 0.6) is 0 Å². The highest BCUT2D eigenvalue weighted by Gasteiger charge is 2.11. The van der Waals surface area contributed by atoms with Gasteiger partial charge >= 0.3 is 0 Å². The second kappa shape index (κ2) is 7.02. The molecule has 0 atom stereocenters. The second-order valence-corrected chi connectivity index (χ2v) is 5.45. The summed E-state index contributed by atoms with van der Waals surface area (Å²) < 4.78 is 13.0. The van der Waals surface area contributed by atoms with E-state index in [4.69, 9.17) is 5.11 Å². The molecule has 0 aliphatic heterocycles. The minimum Gasteiger partial charge on any atom is -0.384 e. The van der Waals surface area contributed by atoms with Crippen LogP contribution in [0.1, 0.15) is 25.7 Å². The van der Waals surface area contributed by atoms with Crippen LogP contribution in [0.2, 0.25) is 0 Å². The van der Waals surface area contributed by atoms with Gasteiger partial charge in [0.25, 0.3) is 5.91 Å². The van der Waals surface area contributed by atoms with Gasteiger partial charge in [0.1, 0.15) is 12.4 Å². The number of aliphatic hydroxyl groups is 1. The first-order valence-corrected chi connectivity index (χ1v) is 7.14. The van der Waals surface area contributed by atoms with Crippen LogP contribution in [0, 0.1) is 24.6 Å². The molecule has 0 unspecified atom stereocenters. The number of aryl methyl sites for hydroxylation is 1. The molecule has 0 radical (unpaired) electrons. The average Bonchev–Trinajstić information content (AvgIpc) is 2.84. The van der Waals surface area contributed by atoms with Crippen LogP contribution in [0.15, 0.2) is 30.3 Å². The summed E-state index contributed by atoms with van der Waals surface area (Å²) in [5.74, 6) is 4.83. The molecule has 0 aliphatic carbocycles. The zero-order chi connectivity index (χ0) is 15.2. The van der Waals surface area contributed by atoms with E-state index in [1.54, 1.807) is 18.2 Å². The van der Waals surface area contributed by atoms with E-state index in [1.165, 1.54) is 23.5 Å². The molecular weight excluding hydrogens is 289 g/mol. The topological polar surface area (TPSA) is 49.3 Å². The summed E-state index contributed by atoms with van der Waals surface area (Å²) in [5, 5.41) is 11.4. The number of benzene rings is 1. The van der Waals surface area contributed by atoms with E-state index in [-0.39, 0.29) is 24.9 Å². The molecule has 2 N–H and O–H groups in total. The first kappa shape index (κ1) is 15.2. The first-order valence-electron chi connectivity index (χ1n) is 6.33. The van der Waals surface area contributed by atoms with Crippen LogP contribution >= 0.6 is 11.3 Å². The van der Waals surface area contributed by atoms with Gasteiger partial charge in [-0.3, -0.25) is 4.79 Å². The Bertz CT molecular complexity index is 713. The van der Waals surface area contributed by atoms with Gasteiger partial charge in [-0.2, -0.15) is 0 Å². The number of aliphatic hydroxyl groups excluding tert-OH is 1. The van der Waals surface area contributed by atoms with Gasteiger partial charge in [-0.05, 0) is 36.2 Å². The monoisotopic (exact) mass is 303 g/mol. The number of carbonyl (C=O) groups is 1. The van der Waals surface area contributed by atoms with Gasteiger partial charge in [-0.25, -0.2) is 4.39 Å². The lowest BCUT2D eigenvalue weighted by molar-refractivity contribution is 0.0955. The zero-order valence-corrected chi connectivity index (χ0v) is 12.3. The molecule has 3 nitrogen and oxygen atoms in total. The van der Waals surface area contributed by atoms with Crippen molar-refractivity contribution in [3.8, 4) is 11.8 Å². The predicted octanol–water partition coefficient (Wildman–Crippen LogP) is 2.47. The summed E-state index contributed by atoms with van der Waals surface area (Å²) in [6.45, 7) is 1.92. The number of rotatable bonds is 3. The lowest BCUT2D eigenvalue weighted by atomic mass is 10.2. The number of carbonyl (C=O) groups excluding carboxylic acids is 1. The molecule has 108 valence electrons. The fraction of sp³-hybridized carbons (Fsp3) is 0.188. The molecule has 0 aliphatic rings. The summed E-state index contributed by atoms with van der Waals surface area (Å²) in [5.41, 5.74) is 1.61. The van der Waals surface area contributed by atoms with Crippen molar-refractivity contribution in [1.82, 2.24) is 5.32 Å². The molecular formula is C16H14FNO2S. The number of nitrogens with one attached hydrogen (secondary N) is 1. The molecule has 0 saturated carbocycles. The van der Waals surface area contributed by atoms with Crippen molar-refractivity contribution in [2.24, 2.45) is 0 Å². The van der Waals surface area contributed by atoms with Crippen LogP contribution < -0.4 is 5.32 Å². The fourth-order valence-corrected chi connectivity index (χ4v) is 2.72. The third-order valence-corrected chi connectivity index (χ3v) is 3.92. The summed E-state index contributed by atoms with van der Waals surface area (Å²) in [6, 6.07) is 7.86. The molecule has 1 aromatic carbocycles. The number of halogens is 1. The van der Waals surface area contributed by atoms with Crippen molar-refractivity contribution in [2.45, 2.75) is 13.5 Å². The first-order chi connectivity index (χ1) is 10.1. The highest BCUT2D eigenvalue weighted by Crippen LogP contribution is 2.21. The van der Waals surface area contributed by atoms with Gasteiger partial charge < -0.3 is 10.4 Å². The van der Waals surface area contributed by atoms with E-state index in [2.05, 4.69) is 17.2 Å². The summed E-state index contributed by atoms with van der Waals surface area (Å²) in [6.07, 6.45) is 0. The Morgan fingerprint density at radius 1 is 1.43 bits per heavy atom. The Hall–Kier alpha value is -2.16. The molecule has 1 aromatic heterocycles. The molecule has 0 saturated heterocycles. The van der Waals surface area contributed by atoms with Crippen molar-refractivity contribution < 1.29 is 14.3 Å². The van der Waals surface area contributed by atoms with E-state index in [9.17, 15) is 9.18 Å². The fourth-order valence-electron chi connectivity index (χ4n) is 1.75. The Balaban J connectivity index is 2.04. The lowest BCUT2D eigenvalue weighted by Crippen LogP contribution is -2.21. The van der Waals surface area contributed by atoms with Crippen LogP contribution in [0.4, 0.5) is 4.39 Å².